The van der Waals surface area contributed by atoms with Crippen LogP contribution in [-0.2, 0) is 14.8 Å². The number of hydrogen-bond donors (Lipinski definition) is 1. The molecule has 2 aromatic carbocycles. The second kappa shape index (κ2) is 5.75. The molecule has 3 rings (SSSR count). The van der Waals surface area contributed by atoms with Crippen LogP contribution in [0.4, 0.5) is 11.4 Å². The minimum Gasteiger partial charge on any atom is -0.479 e. The number of carbonyl (C=O) groups is 1. The summed E-state index contributed by atoms with van der Waals surface area (Å²) in [6, 6.07) is 11.0. The van der Waals surface area contributed by atoms with Crippen LogP contribution >= 0.6 is 11.6 Å². The van der Waals surface area contributed by atoms with E-state index in [1.54, 1.807) is 37.4 Å². The highest BCUT2D eigenvalue weighted by Gasteiger charge is 2.27. The van der Waals surface area contributed by atoms with E-state index in [0.29, 0.717) is 11.4 Å². The zero-order valence-corrected chi connectivity index (χ0v) is 13.7. The summed E-state index contributed by atoms with van der Waals surface area (Å²) in [7, 11) is -2.27. The maximum absolute atomic E-state index is 12.5. The van der Waals surface area contributed by atoms with Gasteiger partial charge in [-0.2, -0.15) is 0 Å². The first kappa shape index (κ1) is 15.6. The number of carbonyl (C=O) groups excluding carboxylic acids is 1. The number of benzene rings is 2. The van der Waals surface area contributed by atoms with Crippen molar-refractivity contribution >= 4 is 38.9 Å². The van der Waals surface area contributed by atoms with Crippen LogP contribution < -0.4 is 14.4 Å². The van der Waals surface area contributed by atoms with Crippen molar-refractivity contribution in [3.8, 4) is 5.75 Å². The van der Waals surface area contributed by atoms with Gasteiger partial charge in [0.15, 0.2) is 12.4 Å². The number of nitrogens with one attached hydrogen (secondary N) is 1. The lowest BCUT2D eigenvalue weighted by Gasteiger charge is -2.27. The highest BCUT2D eigenvalue weighted by molar-refractivity contribution is 7.92. The molecule has 0 radical (unpaired) electrons. The Kier molecular flexibility index (Phi) is 3.91. The second-order valence-electron chi connectivity index (χ2n) is 4.93. The molecule has 1 amide bonds. The Hall–Kier alpha value is -2.25. The Morgan fingerprint density at radius 2 is 1.91 bits per heavy atom. The Bertz CT molecular complexity index is 883. The summed E-state index contributed by atoms with van der Waals surface area (Å²) in [4.78, 5) is 13.1. The van der Waals surface area contributed by atoms with Crippen LogP contribution in [-0.4, -0.2) is 28.0 Å². The van der Waals surface area contributed by atoms with Gasteiger partial charge in [-0.1, -0.05) is 29.8 Å². The third-order valence-corrected chi connectivity index (χ3v) is 5.31. The minimum atomic E-state index is -3.87. The number of halogens is 1. The first-order chi connectivity index (χ1) is 10.9. The molecule has 8 heteroatoms. The van der Waals surface area contributed by atoms with Gasteiger partial charge in [-0.25, -0.2) is 8.42 Å². The lowest BCUT2D eigenvalue weighted by molar-refractivity contribution is -0.120. The zero-order valence-electron chi connectivity index (χ0n) is 12.1. The molecule has 2 aromatic rings. The Morgan fingerprint density at radius 1 is 1.17 bits per heavy atom. The van der Waals surface area contributed by atoms with Crippen molar-refractivity contribution in [2.24, 2.45) is 0 Å². The van der Waals surface area contributed by atoms with Gasteiger partial charge in [0, 0.05) is 7.05 Å². The SMILES string of the molecule is CN1C(=O)COc2c(NS(=O)(=O)c3ccccc3Cl)cccc21. The van der Waals surface area contributed by atoms with Crippen molar-refractivity contribution in [2.45, 2.75) is 4.90 Å². The highest BCUT2D eigenvalue weighted by atomic mass is 35.5. The van der Waals surface area contributed by atoms with Crippen molar-refractivity contribution < 1.29 is 17.9 Å². The average molecular weight is 353 g/mol. The summed E-state index contributed by atoms with van der Waals surface area (Å²) in [6.07, 6.45) is 0. The Morgan fingerprint density at radius 3 is 2.65 bits per heavy atom. The number of ether oxygens (including phenoxy) is 1. The van der Waals surface area contributed by atoms with Crippen LogP contribution in [0.25, 0.3) is 0 Å². The molecule has 1 aliphatic rings. The summed E-state index contributed by atoms with van der Waals surface area (Å²) in [5.74, 6) is 0.105. The molecule has 0 spiro atoms. The van der Waals surface area contributed by atoms with E-state index in [2.05, 4.69) is 4.72 Å². The van der Waals surface area contributed by atoms with Gasteiger partial charge in [0.1, 0.15) is 4.90 Å². The number of likely N-dealkylation sites (N-methyl/N-ethyl adjacent to an activating group) is 1. The fourth-order valence-corrected chi connectivity index (χ4v) is 3.83. The number of fused-ring (bicyclic) bond motifs is 1. The predicted octanol–water partition coefficient (Wildman–Crippen LogP) is 2.50. The highest BCUT2D eigenvalue weighted by Crippen LogP contribution is 2.39. The quantitative estimate of drug-likeness (QED) is 0.920. The molecule has 0 unspecified atom stereocenters. The van der Waals surface area contributed by atoms with Crippen LogP contribution in [0.15, 0.2) is 47.4 Å². The van der Waals surface area contributed by atoms with Gasteiger partial charge >= 0.3 is 0 Å². The summed E-state index contributed by atoms with van der Waals surface area (Å²) in [5.41, 5.74) is 0.752. The smallest absolute Gasteiger partial charge is 0.264 e. The molecule has 6 nitrogen and oxygen atoms in total. The topological polar surface area (TPSA) is 75.7 Å². The van der Waals surface area contributed by atoms with Gasteiger partial charge in [0.05, 0.1) is 16.4 Å². The van der Waals surface area contributed by atoms with Gasteiger partial charge in [-0.05, 0) is 24.3 Å². The van der Waals surface area contributed by atoms with E-state index < -0.39 is 10.0 Å². The van der Waals surface area contributed by atoms with E-state index in [1.165, 1.54) is 17.0 Å². The van der Waals surface area contributed by atoms with E-state index in [0.717, 1.165) is 0 Å². The molecule has 1 heterocycles. The first-order valence-electron chi connectivity index (χ1n) is 6.70. The summed E-state index contributed by atoms with van der Waals surface area (Å²) in [5, 5.41) is 0.123. The molecule has 0 saturated heterocycles. The number of amides is 1. The van der Waals surface area contributed by atoms with E-state index in [9.17, 15) is 13.2 Å². The molecule has 1 aliphatic heterocycles. The minimum absolute atomic E-state index is 0.0282. The van der Waals surface area contributed by atoms with Gasteiger partial charge in [-0.3, -0.25) is 9.52 Å². The Labute approximate surface area is 138 Å². The van der Waals surface area contributed by atoms with Crippen molar-refractivity contribution in [2.75, 3.05) is 23.3 Å². The largest absolute Gasteiger partial charge is 0.479 e. The fourth-order valence-electron chi connectivity index (χ4n) is 2.25. The van der Waals surface area contributed by atoms with Gasteiger partial charge in [0.2, 0.25) is 0 Å². The molecule has 0 aliphatic carbocycles. The number of nitrogens with zero attached hydrogens (tertiary/aromatic N) is 1. The number of hydrogen-bond acceptors (Lipinski definition) is 4. The molecule has 0 fully saturated rings. The number of rotatable bonds is 3. The number of para-hydroxylation sites is 1. The van der Waals surface area contributed by atoms with Gasteiger partial charge in [-0.15, -0.1) is 0 Å². The third-order valence-electron chi connectivity index (χ3n) is 3.44. The Balaban J connectivity index is 2.02. The van der Waals surface area contributed by atoms with Crippen LogP contribution in [0.2, 0.25) is 5.02 Å². The average Bonchev–Trinajstić information content (AvgIpc) is 2.51. The molecule has 1 N–H and O–H groups in total. The predicted molar refractivity (Wildman–Crippen MR) is 87.6 cm³/mol. The third kappa shape index (κ3) is 2.85. The zero-order chi connectivity index (χ0) is 16.6. The molecule has 0 saturated carbocycles. The molecule has 0 aromatic heterocycles. The molecule has 0 bridgehead atoms. The lowest BCUT2D eigenvalue weighted by atomic mass is 10.2. The number of sulfonamides is 1. The summed E-state index contributed by atoms with van der Waals surface area (Å²) in [6.45, 7) is -0.145. The van der Waals surface area contributed by atoms with E-state index in [4.69, 9.17) is 16.3 Å². The van der Waals surface area contributed by atoms with Crippen LogP contribution in [0.5, 0.6) is 5.75 Å². The fraction of sp³-hybridized carbons (Fsp3) is 0.133. The maximum atomic E-state index is 12.5. The summed E-state index contributed by atoms with van der Waals surface area (Å²) < 4.78 is 32.9. The molecular weight excluding hydrogens is 340 g/mol. The molecule has 120 valence electrons. The second-order valence-corrected chi connectivity index (χ2v) is 6.99. The summed E-state index contributed by atoms with van der Waals surface area (Å²) >= 11 is 5.96. The van der Waals surface area contributed by atoms with Gasteiger partial charge in [0.25, 0.3) is 15.9 Å². The first-order valence-corrected chi connectivity index (χ1v) is 8.56. The molecule has 23 heavy (non-hydrogen) atoms. The van der Waals surface area contributed by atoms with Gasteiger partial charge < -0.3 is 9.64 Å². The molecular formula is C15H13ClN2O4S. The monoisotopic (exact) mass is 352 g/mol. The van der Waals surface area contributed by atoms with Crippen molar-refractivity contribution in [3.05, 3.63) is 47.5 Å². The lowest BCUT2D eigenvalue weighted by Crippen LogP contribution is -2.35. The van der Waals surface area contributed by atoms with Crippen LogP contribution in [0, 0.1) is 0 Å². The van der Waals surface area contributed by atoms with E-state index in [1.807, 2.05) is 0 Å². The standard InChI is InChI=1S/C15H13ClN2O4S/c1-18-12-7-4-6-11(15(12)22-9-14(18)19)17-23(20,21)13-8-3-2-5-10(13)16/h2-8,17H,9H2,1H3. The number of anilines is 2. The van der Waals surface area contributed by atoms with Crippen LogP contribution in [0.3, 0.4) is 0 Å². The normalized spacial score (nSPS) is 14.2. The van der Waals surface area contributed by atoms with E-state index >= 15 is 0 Å². The van der Waals surface area contributed by atoms with Crippen molar-refractivity contribution in [1.82, 2.24) is 0 Å². The van der Waals surface area contributed by atoms with E-state index in [-0.39, 0.29) is 28.1 Å². The van der Waals surface area contributed by atoms with Crippen LogP contribution in [0.1, 0.15) is 0 Å². The van der Waals surface area contributed by atoms with Crippen molar-refractivity contribution in [1.29, 1.82) is 0 Å². The van der Waals surface area contributed by atoms with Crippen molar-refractivity contribution in [3.63, 3.8) is 0 Å². The maximum Gasteiger partial charge on any atom is 0.264 e. The molecule has 0 atom stereocenters.